The van der Waals surface area contributed by atoms with Crippen molar-refractivity contribution in [1.29, 1.82) is 5.41 Å². The lowest BCUT2D eigenvalue weighted by Crippen LogP contribution is -2.80. The third-order valence-corrected chi connectivity index (χ3v) is 15.1. The number of phenolic OH excluding ortho intramolecular Hbond substituents is 2. The van der Waals surface area contributed by atoms with Crippen LogP contribution < -0.4 is 18.9 Å². The molecule has 73 heavy (non-hydrogen) atoms. The average molecular weight is 997 g/mol. The summed E-state index contributed by atoms with van der Waals surface area (Å²) in [4.78, 5) is 26.0. The fourth-order valence-corrected chi connectivity index (χ4v) is 11.6. The second-order valence-electron chi connectivity index (χ2n) is 19.4. The molecule has 2 fully saturated rings. The molecule has 1 saturated heterocycles. The minimum absolute atomic E-state index is 0.00452. The van der Waals surface area contributed by atoms with E-state index >= 15 is 0 Å². The maximum Gasteiger partial charge on any atom is 0.336 e. The zero-order chi connectivity index (χ0) is 51.0. The molecule has 11 rings (SSSR count). The molecule has 0 amide bonds. The molecule has 19 nitrogen and oxygen atoms in total. The van der Waals surface area contributed by atoms with E-state index in [1.807, 2.05) is 24.3 Å². The van der Waals surface area contributed by atoms with Crippen molar-refractivity contribution < 1.29 is 74.4 Å². The number of carbonyl (C=O) groups is 1. The van der Waals surface area contributed by atoms with Crippen LogP contribution in [0.2, 0.25) is 0 Å². The number of nitrogens with one attached hydrogen (secondary N) is 1. The van der Waals surface area contributed by atoms with Crippen molar-refractivity contribution in [1.82, 2.24) is 0 Å². The van der Waals surface area contributed by atoms with Crippen LogP contribution in [0.4, 0.5) is 0 Å². The minimum Gasteiger partial charge on any atom is -0.508 e. The lowest BCUT2D eigenvalue weighted by Gasteiger charge is -2.59. The maximum atomic E-state index is 13.5. The lowest BCUT2D eigenvalue weighted by atomic mass is 9.57. The van der Waals surface area contributed by atoms with E-state index in [2.05, 4.69) is 15.0 Å². The molecule has 4 aromatic carbocycles. The van der Waals surface area contributed by atoms with Gasteiger partial charge in [0.1, 0.15) is 70.3 Å². The number of ether oxygens (including phenoxy) is 5. The molecular formula is C54H52N4O15. The molecule has 378 valence electrons. The maximum absolute atomic E-state index is 13.5. The molecule has 1 saturated carbocycles. The number of aryl methyl sites for hydroxylation is 1. The smallest absolute Gasteiger partial charge is 0.336 e. The summed E-state index contributed by atoms with van der Waals surface area (Å²) < 4.78 is 32.2. The van der Waals surface area contributed by atoms with Gasteiger partial charge in [0.25, 0.3) is 0 Å². The van der Waals surface area contributed by atoms with Gasteiger partial charge in [-0.15, -0.1) is 0 Å². The van der Waals surface area contributed by atoms with E-state index < -0.39 is 83.6 Å². The van der Waals surface area contributed by atoms with Crippen LogP contribution in [0.1, 0.15) is 66.0 Å². The second kappa shape index (κ2) is 18.3. The third kappa shape index (κ3) is 7.94. The summed E-state index contributed by atoms with van der Waals surface area (Å²) in [6.07, 6.45) is -1.78. The first-order valence-electron chi connectivity index (χ1n) is 24.0. The van der Waals surface area contributed by atoms with E-state index in [9.17, 15) is 50.8 Å². The fraction of sp³-hybridized carbons (Fsp3) is 0.352. The van der Waals surface area contributed by atoms with Crippen LogP contribution in [0.25, 0.3) is 5.76 Å². The summed E-state index contributed by atoms with van der Waals surface area (Å²) in [5, 5.41) is 113. The van der Waals surface area contributed by atoms with Crippen LogP contribution in [-0.2, 0) is 28.0 Å². The number of fused-ring (bicyclic) bond motifs is 5. The van der Waals surface area contributed by atoms with Crippen molar-refractivity contribution >= 4 is 35.3 Å². The predicted octanol–water partition coefficient (Wildman–Crippen LogP) is 4.68. The number of aliphatic hydroxyl groups excluding tert-OH is 4. The molecule has 9 atom stereocenters. The predicted molar refractivity (Wildman–Crippen MR) is 262 cm³/mol. The van der Waals surface area contributed by atoms with Crippen molar-refractivity contribution in [3.8, 4) is 34.5 Å². The summed E-state index contributed by atoms with van der Waals surface area (Å²) in [6, 6.07) is 21.7. The van der Waals surface area contributed by atoms with Crippen LogP contribution >= 0.6 is 0 Å². The van der Waals surface area contributed by atoms with E-state index in [1.165, 1.54) is 36.7 Å². The van der Waals surface area contributed by atoms with Gasteiger partial charge >= 0.3 is 5.97 Å². The van der Waals surface area contributed by atoms with Gasteiger partial charge in [0.2, 0.25) is 12.0 Å². The Morgan fingerprint density at radius 2 is 1.71 bits per heavy atom. The normalized spacial score (nSPS) is 28.4. The number of nitrogens with zero attached hydrogens (tertiary/aromatic N) is 3. The highest BCUT2D eigenvalue weighted by Gasteiger charge is 2.73. The van der Waals surface area contributed by atoms with Gasteiger partial charge in [0, 0.05) is 12.1 Å². The Balaban J connectivity index is 1.01. The van der Waals surface area contributed by atoms with Gasteiger partial charge in [-0.3, -0.25) is 10.4 Å². The van der Waals surface area contributed by atoms with Crippen LogP contribution in [0, 0.1) is 11.3 Å². The Morgan fingerprint density at radius 1 is 0.945 bits per heavy atom. The standard InChI is InChI=1S/C54H52N4O15/c55-42-17-16-35(58-42)45(62)41(25-59)69-32-13-10-28(11-14-32)38-22-37(61)43-39(70-38)23-40(47(46(43)63)73-52(18-3-4-19-52)30-8-5-9-31(60)21-30)71-51-53(67)34-15-12-27-6-1-2-7-29(27)20-33(34)44(36-24-56-26-57-36)54(68,50(53)66)48(72-51)49(64)65/h1-2,5-11,13-14,16-17,21-23,26,38,41,44-45,48,50-51,55,59-63,66-68H,3-4,12,15,18-20,24-25H2,(H,64,65). The SMILES string of the molecule is N=C1C=CC(C(O)C(CO)Oc2ccc(C3C=C(O)c4c(cc(OC5OC(C(=O)O)C6(O)C(C7=NC=NC7)C7=C(CCc8ccccc8C7)C5(O)C6O)c(OC5(c6cccc(O)c6)CCCC5)c4O)O3)cc2)=N1. The van der Waals surface area contributed by atoms with Crippen molar-refractivity contribution in [3.63, 3.8) is 0 Å². The topological polar surface area (TPSA) is 306 Å². The summed E-state index contributed by atoms with van der Waals surface area (Å²) >= 11 is 0. The first kappa shape index (κ1) is 47.9. The summed E-state index contributed by atoms with van der Waals surface area (Å²) in [6.45, 7) is -0.578. The molecule has 0 radical (unpaired) electrons. The molecule has 4 aliphatic heterocycles. The van der Waals surface area contributed by atoms with Gasteiger partial charge in [-0.25, -0.2) is 14.8 Å². The largest absolute Gasteiger partial charge is 0.508 e. The van der Waals surface area contributed by atoms with Crippen LogP contribution in [0.3, 0.4) is 0 Å². The number of hydrogen-bond donors (Lipinski definition) is 10. The highest BCUT2D eigenvalue weighted by atomic mass is 16.7. The fourth-order valence-electron chi connectivity index (χ4n) is 11.6. The van der Waals surface area contributed by atoms with E-state index in [1.54, 1.807) is 42.5 Å². The zero-order valence-electron chi connectivity index (χ0n) is 39.0. The Kier molecular flexibility index (Phi) is 12.0. The van der Waals surface area contributed by atoms with Crippen LogP contribution in [0.5, 0.6) is 34.5 Å². The monoisotopic (exact) mass is 996 g/mol. The average Bonchev–Trinajstić information content (AvgIpc) is 4.16. The Hall–Kier alpha value is -7.39. The number of benzene rings is 4. The number of carboxylic acid groups (broad SMARTS) is 1. The van der Waals surface area contributed by atoms with Crippen molar-refractivity contribution in [3.05, 3.63) is 136 Å². The number of aliphatic imine (C=N–C) groups is 3. The first-order valence-corrected chi connectivity index (χ1v) is 24.0. The van der Waals surface area contributed by atoms with Gasteiger partial charge in [-0.1, -0.05) is 54.1 Å². The quantitative estimate of drug-likeness (QED) is 0.0814. The molecule has 10 N–H and O–H groups in total. The molecule has 9 unspecified atom stereocenters. The second-order valence-corrected chi connectivity index (χ2v) is 19.4. The van der Waals surface area contributed by atoms with Crippen molar-refractivity contribution in [2.75, 3.05) is 13.2 Å². The first-order chi connectivity index (χ1) is 35.1. The molecule has 2 bridgehead atoms. The Bertz CT molecular complexity index is 3100. The highest BCUT2D eigenvalue weighted by molar-refractivity contribution is 6.16. The van der Waals surface area contributed by atoms with Crippen molar-refractivity contribution in [2.45, 2.75) is 98.6 Å². The molecule has 4 aromatic rings. The van der Waals surface area contributed by atoms with E-state index in [4.69, 9.17) is 29.1 Å². The molecule has 4 heterocycles. The van der Waals surface area contributed by atoms with E-state index in [0.717, 1.165) is 11.1 Å². The molecular weight excluding hydrogens is 945 g/mol. The summed E-state index contributed by atoms with van der Waals surface area (Å²) in [5.74, 6) is -4.74. The zero-order valence-corrected chi connectivity index (χ0v) is 39.0. The van der Waals surface area contributed by atoms with Gasteiger partial charge < -0.3 is 69.6 Å². The van der Waals surface area contributed by atoms with E-state index in [0.29, 0.717) is 48.8 Å². The van der Waals surface area contributed by atoms with Crippen LogP contribution in [-0.4, -0.2) is 131 Å². The highest BCUT2D eigenvalue weighted by Crippen LogP contribution is 2.58. The number of rotatable bonds is 13. The number of aliphatic carboxylic acids is 1. The van der Waals surface area contributed by atoms with Gasteiger partial charge in [0.15, 0.2) is 29.3 Å². The lowest BCUT2D eigenvalue weighted by molar-refractivity contribution is -0.342. The molecule has 19 heteroatoms. The van der Waals surface area contributed by atoms with Gasteiger partial charge in [0.05, 0.1) is 30.5 Å². The molecule has 0 aromatic heterocycles. The molecule has 0 spiro atoms. The number of hydrogen-bond acceptors (Lipinski definition) is 17. The van der Waals surface area contributed by atoms with Crippen LogP contribution in [0.15, 0.2) is 123 Å². The van der Waals surface area contributed by atoms with Crippen molar-refractivity contribution in [2.24, 2.45) is 20.9 Å². The van der Waals surface area contributed by atoms with Gasteiger partial charge in [-0.2, -0.15) is 0 Å². The Morgan fingerprint density at radius 3 is 2.40 bits per heavy atom. The Labute approximate surface area is 417 Å². The number of amidine groups is 1. The molecule has 3 aliphatic carbocycles. The van der Waals surface area contributed by atoms with Gasteiger partial charge in [-0.05, 0) is 109 Å². The summed E-state index contributed by atoms with van der Waals surface area (Å²) in [7, 11) is 0. The number of carboxylic acids is 1. The number of aliphatic hydroxyl groups is 6. The minimum atomic E-state index is -2.72. The summed E-state index contributed by atoms with van der Waals surface area (Å²) in [5.41, 5.74) is -2.85. The third-order valence-electron chi connectivity index (χ3n) is 15.1. The number of phenols is 2. The number of aromatic hydroxyl groups is 2. The molecule has 7 aliphatic rings. The van der Waals surface area contributed by atoms with E-state index in [-0.39, 0.29) is 76.5 Å².